The Bertz CT molecular complexity index is 890. The molecule has 0 saturated heterocycles. The Kier molecular flexibility index (Phi) is 8.56. The van der Waals surface area contributed by atoms with Crippen LogP contribution >= 0.6 is 24.0 Å². The smallest absolute Gasteiger partial charge is 0.257 e. The molecule has 0 heterocycles. The summed E-state index contributed by atoms with van der Waals surface area (Å²) < 4.78 is 5.48. The summed E-state index contributed by atoms with van der Waals surface area (Å²) in [7, 11) is 1.48. The third kappa shape index (κ3) is 6.04. The van der Waals surface area contributed by atoms with Crippen molar-refractivity contribution in [3.63, 3.8) is 0 Å². The van der Waals surface area contributed by atoms with Gasteiger partial charge >= 0.3 is 0 Å². The normalized spacial score (nSPS) is 9.79. The molecule has 0 aliphatic heterocycles. The van der Waals surface area contributed by atoms with Crippen LogP contribution in [0.25, 0.3) is 0 Å². The van der Waals surface area contributed by atoms with Crippen molar-refractivity contribution in [2.75, 3.05) is 13.7 Å². The number of phenolic OH excluding ortho intramolecular Hbond substituents is 1. The van der Waals surface area contributed by atoms with E-state index < -0.39 is 5.91 Å². The second-order valence-corrected chi connectivity index (χ2v) is 5.98. The molecule has 0 unspecified atom stereocenters. The van der Waals surface area contributed by atoms with Gasteiger partial charge in [0.15, 0.2) is 6.61 Å². The minimum absolute atomic E-state index is 0. The minimum atomic E-state index is -0.525. The van der Waals surface area contributed by atoms with Crippen LogP contribution in [0.5, 0.6) is 11.5 Å². The summed E-state index contributed by atoms with van der Waals surface area (Å²) in [4.78, 5) is 23.7. The van der Waals surface area contributed by atoms with Gasteiger partial charge in [0.05, 0.1) is 5.56 Å². The van der Waals surface area contributed by atoms with E-state index >= 15 is 0 Å². The maximum Gasteiger partial charge on any atom is 0.257 e. The Morgan fingerprint density at radius 3 is 2.61 bits per heavy atom. The molecule has 0 atom stereocenters. The summed E-state index contributed by atoms with van der Waals surface area (Å²) >= 11 is 5.85. The van der Waals surface area contributed by atoms with Gasteiger partial charge in [-0.25, -0.2) is 0 Å². The number of amidine groups is 1. The van der Waals surface area contributed by atoms with Crippen molar-refractivity contribution < 1.29 is 19.4 Å². The summed E-state index contributed by atoms with van der Waals surface area (Å²) in [6.45, 7) is -0.167. The highest BCUT2D eigenvalue weighted by atomic mass is 35.5. The van der Waals surface area contributed by atoms with Gasteiger partial charge in [0, 0.05) is 29.7 Å². The first-order chi connectivity index (χ1) is 12.8. The Balaban J connectivity index is 0.00000392. The predicted molar refractivity (Wildman–Crippen MR) is 109 cm³/mol. The molecule has 2 aromatic carbocycles. The molecule has 0 radical (unpaired) electrons. The lowest BCUT2D eigenvalue weighted by Crippen LogP contribution is -2.26. The van der Waals surface area contributed by atoms with Crippen molar-refractivity contribution in [3.8, 4) is 11.5 Å². The molecule has 0 bridgehead atoms. The molecular weight excluding hydrogens is 407 g/mol. The number of phenols is 1. The molecule has 0 aliphatic rings. The molecule has 0 fully saturated rings. The van der Waals surface area contributed by atoms with Crippen LogP contribution in [0.4, 0.5) is 0 Å². The second-order valence-electron chi connectivity index (χ2n) is 5.54. The van der Waals surface area contributed by atoms with Gasteiger partial charge in [0.2, 0.25) is 0 Å². The molecule has 10 heteroatoms. The number of halogens is 2. The molecular formula is C18H20Cl2N4O4. The van der Waals surface area contributed by atoms with Crippen molar-refractivity contribution in [2.45, 2.75) is 6.54 Å². The topological polar surface area (TPSA) is 138 Å². The number of benzene rings is 2. The number of ether oxygens (including phenoxy) is 1. The Morgan fingerprint density at radius 1 is 1.25 bits per heavy atom. The molecule has 2 aromatic rings. The highest BCUT2D eigenvalue weighted by Crippen LogP contribution is 2.23. The number of aromatic hydroxyl groups is 1. The molecule has 0 spiro atoms. The van der Waals surface area contributed by atoms with Crippen LogP contribution in [0.15, 0.2) is 36.4 Å². The van der Waals surface area contributed by atoms with E-state index in [4.69, 9.17) is 27.5 Å². The number of nitrogen functional groups attached to an aromatic ring is 1. The fraction of sp³-hybridized carbons (Fsp3) is 0.167. The molecule has 6 N–H and O–H groups in total. The molecule has 0 aliphatic carbocycles. The van der Waals surface area contributed by atoms with Gasteiger partial charge in [-0.3, -0.25) is 15.0 Å². The van der Waals surface area contributed by atoms with Crippen LogP contribution in [-0.2, 0) is 11.3 Å². The summed E-state index contributed by atoms with van der Waals surface area (Å²) in [5, 5.41) is 22.7. The zero-order chi connectivity index (χ0) is 20.0. The largest absolute Gasteiger partial charge is 0.507 e. The quantitative estimate of drug-likeness (QED) is 0.339. The van der Waals surface area contributed by atoms with Gasteiger partial charge in [-0.15, -0.1) is 12.4 Å². The lowest BCUT2D eigenvalue weighted by atomic mass is 10.1. The van der Waals surface area contributed by atoms with Gasteiger partial charge in [-0.1, -0.05) is 23.7 Å². The number of amides is 2. The molecule has 28 heavy (non-hydrogen) atoms. The lowest BCUT2D eigenvalue weighted by molar-refractivity contribution is -0.122. The number of likely N-dealkylation sites (N-methyl/N-ethyl adjacent to an activating group) is 1. The van der Waals surface area contributed by atoms with Crippen LogP contribution in [-0.4, -0.2) is 36.4 Å². The van der Waals surface area contributed by atoms with Crippen molar-refractivity contribution in [2.24, 2.45) is 5.73 Å². The first-order valence-electron chi connectivity index (χ1n) is 7.89. The van der Waals surface area contributed by atoms with Gasteiger partial charge in [0.25, 0.3) is 11.8 Å². The highest BCUT2D eigenvalue weighted by molar-refractivity contribution is 6.31. The lowest BCUT2D eigenvalue weighted by Gasteiger charge is -2.14. The minimum Gasteiger partial charge on any atom is -0.507 e. The van der Waals surface area contributed by atoms with E-state index in [-0.39, 0.29) is 48.6 Å². The number of hydrogen-bond donors (Lipinski definition) is 5. The Morgan fingerprint density at radius 2 is 1.96 bits per heavy atom. The average Bonchev–Trinajstić information content (AvgIpc) is 2.66. The molecule has 2 amide bonds. The second kappa shape index (κ2) is 10.4. The van der Waals surface area contributed by atoms with Gasteiger partial charge in [0.1, 0.15) is 17.3 Å². The van der Waals surface area contributed by atoms with E-state index in [9.17, 15) is 14.7 Å². The summed E-state index contributed by atoms with van der Waals surface area (Å²) in [6, 6.07) is 8.91. The zero-order valence-electron chi connectivity index (χ0n) is 14.9. The van der Waals surface area contributed by atoms with E-state index in [0.29, 0.717) is 21.9 Å². The summed E-state index contributed by atoms with van der Waals surface area (Å²) in [6.07, 6.45) is 0. The summed E-state index contributed by atoms with van der Waals surface area (Å²) in [5.41, 5.74) is 6.51. The number of rotatable bonds is 7. The summed E-state index contributed by atoms with van der Waals surface area (Å²) in [5.74, 6) is -0.897. The van der Waals surface area contributed by atoms with E-state index in [1.165, 1.54) is 31.3 Å². The number of hydrogen-bond acceptors (Lipinski definition) is 5. The van der Waals surface area contributed by atoms with Gasteiger partial charge in [-0.2, -0.15) is 0 Å². The van der Waals surface area contributed by atoms with Crippen LogP contribution < -0.4 is 21.1 Å². The number of nitrogens with two attached hydrogens (primary N) is 1. The van der Waals surface area contributed by atoms with E-state index in [1.807, 2.05) is 0 Å². The van der Waals surface area contributed by atoms with Crippen LogP contribution in [0.2, 0.25) is 5.02 Å². The first kappa shape index (κ1) is 23.1. The number of nitrogens with one attached hydrogen (secondary N) is 3. The molecule has 0 aromatic heterocycles. The fourth-order valence-electron chi connectivity index (χ4n) is 2.18. The molecule has 150 valence electrons. The number of carbonyl (C=O) groups excluding carboxylic acids is 2. The maximum atomic E-state index is 12.3. The van der Waals surface area contributed by atoms with Gasteiger partial charge < -0.3 is 26.2 Å². The van der Waals surface area contributed by atoms with E-state index in [2.05, 4.69) is 10.6 Å². The van der Waals surface area contributed by atoms with Crippen LogP contribution in [0.1, 0.15) is 21.5 Å². The average molecular weight is 427 g/mol. The third-order valence-electron chi connectivity index (χ3n) is 3.66. The SMILES string of the molecule is CNC(=O)COc1cc(C(=N)N)ccc1CNC(=O)c1cc(Cl)ccc1O.Cl. The number of carbonyl (C=O) groups is 2. The van der Waals surface area contributed by atoms with Crippen LogP contribution in [0.3, 0.4) is 0 Å². The van der Waals surface area contributed by atoms with Crippen molar-refractivity contribution in [1.82, 2.24) is 10.6 Å². The Labute approximate surface area is 172 Å². The van der Waals surface area contributed by atoms with Crippen molar-refractivity contribution in [1.29, 1.82) is 5.41 Å². The standard InChI is InChI=1S/C18H19ClN4O4.ClH/c1-22-16(25)9-27-15-6-10(17(20)21)2-3-11(15)8-23-18(26)13-7-12(19)4-5-14(13)24;/h2-7,24H,8-9H2,1H3,(H3,20,21)(H,22,25)(H,23,26);1H. The third-order valence-corrected chi connectivity index (χ3v) is 3.89. The maximum absolute atomic E-state index is 12.3. The fourth-order valence-corrected chi connectivity index (χ4v) is 2.35. The van der Waals surface area contributed by atoms with Crippen molar-refractivity contribution in [3.05, 3.63) is 58.1 Å². The highest BCUT2D eigenvalue weighted by Gasteiger charge is 2.14. The predicted octanol–water partition coefficient (Wildman–Crippen LogP) is 1.81. The van der Waals surface area contributed by atoms with Gasteiger partial charge in [-0.05, 0) is 24.3 Å². The Hall–Kier alpha value is -2.97. The molecule has 8 nitrogen and oxygen atoms in total. The van der Waals surface area contributed by atoms with E-state index in [1.54, 1.807) is 12.1 Å². The van der Waals surface area contributed by atoms with Crippen LogP contribution in [0, 0.1) is 5.41 Å². The molecule has 2 rings (SSSR count). The first-order valence-corrected chi connectivity index (χ1v) is 8.27. The van der Waals surface area contributed by atoms with Crippen molar-refractivity contribution >= 4 is 41.7 Å². The molecule has 0 saturated carbocycles. The van der Waals surface area contributed by atoms with E-state index in [0.717, 1.165) is 0 Å². The zero-order valence-corrected chi connectivity index (χ0v) is 16.5. The monoisotopic (exact) mass is 426 g/mol.